The first-order valence-electron chi connectivity index (χ1n) is 5.79. The summed E-state index contributed by atoms with van der Waals surface area (Å²) in [6.07, 6.45) is 2.10. The Labute approximate surface area is 99.1 Å². The lowest BCUT2D eigenvalue weighted by Crippen LogP contribution is -2.10. The van der Waals surface area contributed by atoms with Gasteiger partial charge in [-0.05, 0) is 30.5 Å². The Morgan fingerprint density at radius 1 is 1.12 bits per heavy atom. The summed E-state index contributed by atoms with van der Waals surface area (Å²) >= 11 is 0. The summed E-state index contributed by atoms with van der Waals surface area (Å²) in [6, 6.07) is 11.2. The maximum atomic E-state index is 11.3. The number of aromatic amines is 1. The number of ether oxygens (including phenoxy) is 1. The van der Waals surface area contributed by atoms with Crippen molar-refractivity contribution in [2.45, 2.75) is 12.8 Å². The Hall–Kier alpha value is -2.03. The van der Waals surface area contributed by atoms with Gasteiger partial charge in [0.25, 0.3) is 0 Å². The van der Waals surface area contributed by atoms with Crippen LogP contribution in [0.4, 0.5) is 0 Å². The van der Waals surface area contributed by atoms with E-state index in [9.17, 15) is 4.79 Å². The minimum absolute atomic E-state index is 0.0871. The van der Waals surface area contributed by atoms with Crippen molar-refractivity contribution in [1.82, 2.24) is 4.98 Å². The van der Waals surface area contributed by atoms with E-state index in [0.29, 0.717) is 0 Å². The summed E-state index contributed by atoms with van der Waals surface area (Å²) in [6.45, 7) is 0.751. The molecule has 1 aromatic carbocycles. The second-order valence-electron chi connectivity index (χ2n) is 4.17. The highest BCUT2D eigenvalue weighted by Gasteiger charge is 2.15. The number of fused-ring (bicyclic) bond motifs is 1. The Bertz CT molecular complexity index is 601. The van der Waals surface area contributed by atoms with Crippen LogP contribution in [0.15, 0.2) is 41.2 Å². The fourth-order valence-corrected chi connectivity index (χ4v) is 2.21. The van der Waals surface area contributed by atoms with E-state index in [0.717, 1.165) is 36.5 Å². The summed E-state index contributed by atoms with van der Waals surface area (Å²) < 4.78 is 5.73. The van der Waals surface area contributed by atoms with Crippen LogP contribution in [-0.4, -0.2) is 11.6 Å². The van der Waals surface area contributed by atoms with Gasteiger partial charge in [-0.1, -0.05) is 18.2 Å². The third kappa shape index (κ3) is 1.84. The van der Waals surface area contributed by atoms with Gasteiger partial charge < -0.3 is 9.72 Å². The molecule has 0 amide bonds. The van der Waals surface area contributed by atoms with E-state index in [4.69, 9.17) is 4.74 Å². The second-order valence-corrected chi connectivity index (χ2v) is 4.17. The van der Waals surface area contributed by atoms with E-state index in [1.807, 2.05) is 18.2 Å². The Balaban J connectivity index is 2.18. The second kappa shape index (κ2) is 4.09. The van der Waals surface area contributed by atoms with Gasteiger partial charge in [-0.2, -0.15) is 0 Å². The fourth-order valence-electron chi connectivity index (χ4n) is 2.21. The Kier molecular flexibility index (Phi) is 2.44. The largest absolute Gasteiger partial charge is 0.493 e. The molecule has 0 saturated heterocycles. The molecule has 0 fully saturated rings. The maximum absolute atomic E-state index is 11.3. The van der Waals surface area contributed by atoms with Crippen LogP contribution < -0.4 is 10.3 Å². The predicted molar refractivity (Wildman–Crippen MR) is 66.3 cm³/mol. The highest BCUT2D eigenvalue weighted by molar-refractivity contribution is 5.69. The van der Waals surface area contributed by atoms with Crippen LogP contribution in [-0.2, 0) is 6.42 Å². The first-order chi connectivity index (χ1) is 8.34. The molecule has 0 aliphatic carbocycles. The number of hydrogen-bond donors (Lipinski definition) is 1. The van der Waals surface area contributed by atoms with Gasteiger partial charge in [-0.3, -0.25) is 4.79 Å². The molecule has 0 saturated carbocycles. The normalized spacial score (nSPS) is 13.9. The summed E-state index contributed by atoms with van der Waals surface area (Å²) in [7, 11) is 0. The topological polar surface area (TPSA) is 42.1 Å². The van der Waals surface area contributed by atoms with Crippen LogP contribution >= 0.6 is 0 Å². The van der Waals surface area contributed by atoms with Crippen molar-refractivity contribution in [2.75, 3.05) is 6.61 Å². The Morgan fingerprint density at radius 3 is 2.88 bits per heavy atom. The van der Waals surface area contributed by atoms with Crippen molar-refractivity contribution in [2.24, 2.45) is 0 Å². The standard InChI is InChI=1S/C14H13NO2/c16-13-8-2-7-12(15-13)11-6-1-4-10-5-3-9-17-14(10)11/h1-2,4,6-8H,3,5,9H2,(H,15,16). The number of rotatable bonds is 1. The first-order valence-corrected chi connectivity index (χ1v) is 5.79. The van der Waals surface area contributed by atoms with Crippen LogP contribution in [0.2, 0.25) is 0 Å². The highest BCUT2D eigenvalue weighted by atomic mass is 16.5. The number of benzene rings is 1. The number of nitrogens with one attached hydrogen (secondary N) is 1. The fraction of sp³-hybridized carbons (Fsp3) is 0.214. The molecule has 1 N–H and O–H groups in total. The van der Waals surface area contributed by atoms with Crippen LogP contribution in [0.25, 0.3) is 11.3 Å². The van der Waals surface area contributed by atoms with Crippen LogP contribution in [0.1, 0.15) is 12.0 Å². The molecule has 0 unspecified atom stereocenters. The molecule has 3 nitrogen and oxygen atoms in total. The van der Waals surface area contributed by atoms with E-state index in [2.05, 4.69) is 11.1 Å². The Morgan fingerprint density at radius 2 is 2.00 bits per heavy atom. The van der Waals surface area contributed by atoms with Crippen molar-refractivity contribution in [3.05, 3.63) is 52.3 Å². The van der Waals surface area contributed by atoms with E-state index < -0.39 is 0 Å². The van der Waals surface area contributed by atoms with Crippen LogP contribution in [0, 0.1) is 0 Å². The van der Waals surface area contributed by atoms with Crippen molar-refractivity contribution in [3.63, 3.8) is 0 Å². The van der Waals surface area contributed by atoms with Crippen molar-refractivity contribution >= 4 is 0 Å². The quantitative estimate of drug-likeness (QED) is 0.812. The number of hydrogen-bond acceptors (Lipinski definition) is 2. The van der Waals surface area contributed by atoms with E-state index in [1.54, 1.807) is 6.07 Å². The molecule has 17 heavy (non-hydrogen) atoms. The number of aryl methyl sites for hydroxylation is 1. The molecule has 86 valence electrons. The van der Waals surface area contributed by atoms with E-state index >= 15 is 0 Å². The predicted octanol–water partition coefficient (Wildman–Crippen LogP) is 2.37. The third-order valence-electron chi connectivity index (χ3n) is 2.99. The van der Waals surface area contributed by atoms with Gasteiger partial charge in [0.2, 0.25) is 5.56 Å². The lowest BCUT2D eigenvalue weighted by Gasteiger charge is -2.20. The van der Waals surface area contributed by atoms with E-state index in [1.165, 1.54) is 11.6 Å². The minimum Gasteiger partial charge on any atom is -0.493 e. The lowest BCUT2D eigenvalue weighted by molar-refractivity contribution is 0.289. The molecule has 3 rings (SSSR count). The van der Waals surface area contributed by atoms with Gasteiger partial charge >= 0.3 is 0 Å². The SMILES string of the molecule is O=c1cccc(-c2cccc3c2OCCC3)[nH]1. The summed E-state index contributed by atoms with van der Waals surface area (Å²) in [5.74, 6) is 0.917. The summed E-state index contributed by atoms with van der Waals surface area (Å²) in [4.78, 5) is 14.2. The van der Waals surface area contributed by atoms with Gasteiger partial charge in [-0.25, -0.2) is 0 Å². The molecule has 0 radical (unpaired) electrons. The molecule has 2 aromatic rings. The number of para-hydroxylation sites is 1. The zero-order chi connectivity index (χ0) is 11.7. The van der Waals surface area contributed by atoms with Crippen LogP contribution in [0.5, 0.6) is 5.75 Å². The molecule has 0 bridgehead atoms. The molecular formula is C14H13NO2. The summed E-state index contributed by atoms with van der Waals surface area (Å²) in [5.41, 5.74) is 2.92. The average Bonchev–Trinajstić information content (AvgIpc) is 2.38. The molecule has 3 heteroatoms. The van der Waals surface area contributed by atoms with E-state index in [-0.39, 0.29) is 5.56 Å². The van der Waals surface area contributed by atoms with Gasteiger partial charge in [0.05, 0.1) is 12.3 Å². The molecule has 0 spiro atoms. The zero-order valence-corrected chi connectivity index (χ0v) is 9.40. The molecule has 0 atom stereocenters. The average molecular weight is 227 g/mol. The van der Waals surface area contributed by atoms with Crippen LogP contribution in [0.3, 0.4) is 0 Å². The molecule has 1 aliphatic heterocycles. The molecule has 1 aliphatic rings. The summed E-state index contributed by atoms with van der Waals surface area (Å²) in [5, 5.41) is 0. The van der Waals surface area contributed by atoms with Crippen molar-refractivity contribution in [3.8, 4) is 17.0 Å². The van der Waals surface area contributed by atoms with Gasteiger partial charge in [0.15, 0.2) is 0 Å². The lowest BCUT2D eigenvalue weighted by atomic mass is 10.0. The molecular weight excluding hydrogens is 214 g/mol. The third-order valence-corrected chi connectivity index (χ3v) is 2.99. The number of aromatic nitrogens is 1. The van der Waals surface area contributed by atoms with Gasteiger partial charge in [0, 0.05) is 11.6 Å². The van der Waals surface area contributed by atoms with Gasteiger partial charge in [-0.15, -0.1) is 0 Å². The number of pyridine rings is 1. The smallest absolute Gasteiger partial charge is 0.248 e. The highest BCUT2D eigenvalue weighted by Crippen LogP contribution is 2.34. The zero-order valence-electron chi connectivity index (χ0n) is 9.40. The number of H-pyrrole nitrogens is 1. The molecule has 2 heterocycles. The van der Waals surface area contributed by atoms with Crippen molar-refractivity contribution in [1.29, 1.82) is 0 Å². The molecule has 1 aromatic heterocycles. The van der Waals surface area contributed by atoms with Gasteiger partial charge in [0.1, 0.15) is 5.75 Å². The first kappa shape index (κ1) is 10.1. The minimum atomic E-state index is -0.0871. The van der Waals surface area contributed by atoms with Crippen molar-refractivity contribution < 1.29 is 4.74 Å². The maximum Gasteiger partial charge on any atom is 0.248 e. The monoisotopic (exact) mass is 227 g/mol.